The highest BCUT2D eigenvalue weighted by Crippen LogP contribution is 2.26. The van der Waals surface area contributed by atoms with Crippen LogP contribution in [0, 0.1) is 5.92 Å². The molecule has 0 atom stereocenters. The molecule has 0 unspecified atom stereocenters. The Balaban J connectivity index is 1.81. The number of alkyl halides is 1. The van der Waals surface area contributed by atoms with Gasteiger partial charge in [0.2, 0.25) is 0 Å². The van der Waals surface area contributed by atoms with Crippen molar-refractivity contribution in [3.05, 3.63) is 0 Å². The van der Waals surface area contributed by atoms with Crippen molar-refractivity contribution in [2.45, 2.75) is 38.5 Å². The third-order valence-corrected chi connectivity index (χ3v) is 2.96. The largest absolute Gasteiger partial charge is 0.317 e. The molecule has 0 saturated heterocycles. The van der Waals surface area contributed by atoms with Gasteiger partial charge in [-0.1, -0.05) is 25.7 Å². The summed E-state index contributed by atoms with van der Waals surface area (Å²) in [6, 6.07) is 0. The summed E-state index contributed by atoms with van der Waals surface area (Å²) in [6.45, 7) is 2.29. The van der Waals surface area contributed by atoms with Gasteiger partial charge in [0.15, 0.2) is 0 Å². The third-order valence-electron chi connectivity index (χ3n) is 2.69. The number of rotatable bonds is 6. The van der Waals surface area contributed by atoms with Crippen LogP contribution >= 0.6 is 11.6 Å². The van der Waals surface area contributed by atoms with Crippen molar-refractivity contribution in [2.24, 2.45) is 5.92 Å². The van der Waals surface area contributed by atoms with Crippen LogP contribution in [-0.4, -0.2) is 19.0 Å². The van der Waals surface area contributed by atoms with Crippen molar-refractivity contribution in [3.63, 3.8) is 0 Å². The molecule has 72 valence electrons. The summed E-state index contributed by atoms with van der Waals surface area (Å²) in [5, 5.41) is 3.43. The normalized spacial score (nSPS) is 18.8. The Morgan fingerprint density at radius 2 is 1.92 bits per heavy atom. The Morgan fingerprint density at radius 1 is 1.17 bits per heavy atom. The Kier molecular flexibility index (Phi) is 5.80. The fourth-order valence-corrected chi connectivity index (χ4v) is 2.06. The van der Waals surface area contributed by atoms with Gasteiger partial charge in [-0.05, 0) is 31.8 Å². The highest BCUT2D eigenvalue weighted by Gasteiger charge is 2.13. The van der Waals surface area contributed by atoms with Crippen molar-refractivity contribution in [2.75, 3.05) is 19.0 Å². The minimum absolute atomic E-state index is 0.788. The zero-order valence-corrected chi connectivity index (χ0v) is 8.58. The zero-order chi connectivity index (χ0) is 8.65. The van der Waals surface area contributed by atoms with E-state index in [0.29, 0.717) is 0 Å². The van der Waals surface area contributed by atoms with Gasteiger partial charge in [0, 0.05) is 5.88 Å². The average molecular weight is 190 g/mol. The van der Waals surface area contributed by atoms with Crippen LogP contribution < -0.4 is 5.32 Å². The summed E-state index contributed by atoms with van der Waals surface area (Å²) < 4.78 is 0. The van der Waals surface area contributed by atoms with Gasteiger partial charge in [0.25, 0.3) is 0 Å². The number of nitrogens with one attached hydrogen (secondary N) is 1. The summed E-state index contributed by atoms with van der Waals surface area (Å²) in [4.78, 5) is 0. The van der Waals surface area contributed by atoms with Crippen molar-refractivity contribution >= 4 is 11.6 Å². The Hall–Kier alpha value is 0.250. The number of halogens is 1. The van der Waals surface area contributed by atoms with Crippen molar-refractivity contribution < 1.29 is 0 Å². The summed E-state index contributed by atoms with van der Waals surface area (Å²) >= 11 is 5.57. The predicted molar refractivity (Wildman–Crippen MR) is 54.8 cm³/mol. The first-order valence-corrected chi connectivity index (χ1v) is 5.73. The third kappa shape index (κ3) is 4.32. The Morgan fingerprint density at radius 3 is 2.58 bits per heavy atom. The molecule has 1 saturated carbocycles. The quantitative estimate of drug-likeness (QED) is 0.501. The monoisotopic (exact) mass is 189 g/mol. The lowest BCUT2D eigenvalue weighted by atomic mass is 10.0. The molecule has 2 heteroatoms. The van der Waals surface area contributed by atoms with E-state index >= 15 is 0 Å². The second-order valence-electron chi connectivity index (χ2n) is 3.73. The number of hydrogen-bond donors (Lipinski definition) is 1. The second kappa shape index (κ2) is 6.73. The molecule has 12 heavy (non-hydrogen) atoms. The molecule has 1 nitrogen and oxygen atoms in total. The van der Waals surface area contributed by atoms with E-state index < -0.39 is 0 Å². The SMILES string of the molecule is ClCCCNCCC1CCCC1. The van der Waals surface area contributed by atoms with Crippen LogP contribution in [0.15, 0.2) is 0 Å². The maximum Gasteiger partial charge on any atom is 0.0235 e. The summed E-state index contributed by atoms with van der Waals surface area (Å²) in [5.41, 5.74) is 0. The van der Waals surface area contributed by atoms with Gasteiger partial charge < -0.3 is 5.32 Å². The summed E-state index contributed by atoms with van der Waals surface area (Å²) in [5.74, 6) is 1.81. The van der Waals surface area contributed by atoms with E-state index in [2.05, 4.69) is 5.32 Å². The molecule has 1 aliphatic rings. The van der Waals surface area contributed by atoms with Gasteiger partial charge in [-0.15, -0.1) is 11.6 Å². The van der Waals surface area contributed by atoms with Crippen LogP contribution in [0.4, 0.5) is 0 Å². The van der Waals surface area contributed by atoms with E-state index in [9.17, 15) is 0 Å². The molecule has 0 bridgehead atoms. The summed E-state index contributed by atoms with van der Waals surface area (Å²) in [6.07, 6.45) is 8.35. The van der Waals surface area contributed by atoms with Crippen molar-refractivity contribution in [1.29, 1.82) is 0 Å². The van der Waals surface area contributed by atoms with E-state index in [1.165, 1.54) is 38.6 Å². The molecule has 1 aliphatic carbocycles. The van der Waals surface area contributed by atoms with Crippen LogP contribution in [0.1, 0.15) is 38.5 Å². The van der Waals surface area contributed by atoms with Gasteiger partial charge in [-0.3, -0.25) is 0 Å². The van der Waals surface area contributed by atoms with Crippen LogP contribution in [-0.2, 0) is 0 Å². The highest BCUT2D eigenvalue weighted by molar-refractivity contribution is 6.17. The Labute approximate surface area is 80.9 Å². The van der Waals surface area contributed by atoms with Gasteiger partial charge in [-0.2, -0.15) is 0 Å². The van der Waals surface area contributed by atoms with E-state index in [1.54, 1.807) is 0 Å². The molecule has 0 aromatic carbocycles. The maximum atomic E-state index is 5.57. The summed E-state index contributed by atoms with van der Waals surface area (Å²) in [7, 11) is 0. The van der Waals surface area contributed by atoms with Crippen LogP contribution in [0.2, 0.25) is 0 Å². The smallest absolute Gasteiger partial charge is 0.0235 e. The van der Waals surface area contributed by atoms with E-state index in [-0.39, 0.29) is 0 Å². The van der Waals surface area contributed by atoms with E-state index in [1.807, 2.05) is 0 Å². The van der Waals surface area contributed by atoms with Gasteiger partial charge in [0.1, 0.15) is 0 Å². The fourth-order valence-electron chi connectivity index (χ4n) is 1.92. The molecule has 0 amide bonds. The molecule has 0 aromatic heterocycles. The van der Waals surface area contributed by atoms with E-state index in [4.69, 9.17) is 11.6 Å². The molecule has 1 fully saturated rings. The van der Waals surface area contributed by atoms with Gasteiger partial charge in [0.05, 0.1) is 0 Å². The van der Waals surface area contributed by atoms with Gasteiger partial charge >= 0.3 is 0 Å². The lowest BCUT2D eigenvalue weighted by molar-refractivity contribution is 0.478. The first-order chi connectivity index (χ1) is 5.93. The standard InChI is InChI=1S/C10H20ClN/c11-7-3-8-12-9-6-10-4-1-2-5-10/h10,12H,1-9H2. The molecule has 1 N–H and O–H groups in total. The molecule has 0 heterocycles. The van der Waals surface area contributed by atoms with E-state index in [0.717, 1.165) is 24.8 Å². The Bertz CT molecular complexity index is 100. The molecule has 1 rings (SSSR count). The van der Waals surface area contributed by atoms with Crippen LogP contribution in [0.5, 0.6) is 0 Å². The number of hydrogen-bond acceptors (Lipinski definition) is 1. The minimum atomic E-state index is 0.788. The molecule has 0 spiro atoms. The van der Waals surface area contributed by atoms with Crippen molar-refractivity contribution in [3.8, 4) is 0 Å². The molecule has 0 radical (unpaired) electrons. The second-order valence-corrected chi connectivity index (χ2v) is 4.11. The minimum Gasteiger partial charge on any atom is -0.317 e. The highest BCUT2D eigenvalue weighted by atomic mass is 35.5. The molecule has 0 aromatic rings. The predicted octanol–water partition coefficient (Wildman–Crippen LogP) is 2.79. The molecular weight excluding hydrogens is 170 g/mol. The van der Waals surface area contributed by atoms with Crippen LogP contribution in [0.25, 0.3) is 0 Å². The van der Waals surface area contributed by atoms with Gasteiger partial charge in [-0.25, -0.2) is 0 Å². The zero-order valence-electron chi connectivity index (χ0n) is 7.82. The molecule has 0 aliphatic heterocycles. The molecular formula is C10H20ClN. The fraction of sp³-hybridized carbons (Fsp3) is 1.00. The van der Waals surface area contributed by atoms with Crippen LogP contribution in [0.3, 0.4) is 0 Å². The average Bonchev–Trinajstić information content (AvgIpc) is 2.57. The first-order valence-electron chi connectivity index (χ1n) is 5.20. The topological polar surface area (TPSA) is 12.0 Å². The lowest BCUT2D eigenvalue weighted by Gasteiger charge is -2.08. The maximum absolute atomic E-state index is 5.57. The lowest BCUT2D eigenvalue weighted by Crippen LogP contribution is -2.18. The van der Waals surface area contributed by atoms with Crippen molar-refractivity contribution in [1.82, 2.24) is 5.32 Å². The first kappa shape index (κ1) is 10.3.